The Morgan fingerprint density at radius 1 is 1.18 bits per heavy atom. The van der Waals surface area contributed by atoms with Gasteiger partial charge in [0.2, 0.25) is 0 Å². The van der Waals surface area contributed by atoms with E-state index in [1.54, 1.807) is 11.3 Å². The van der Waals surface area contributed by atoms with E-state index in [1.165, 1.54) is 43.4 Å². The van der Waals surface area contributed by atoms with E-state index in [1.807, 2.05) is 0 Å². The Hall–Kier alpha value is -1.32. The van der Waals surface area contributed by atoms with Crippen LogP contribution in [0.15, 0.2) is 24.3 Å². The molecule has 0 saturated carbocycles. The van der Waals surface area contributed by atoms with E-state index < -0.39 is 0 Å². The zero-order chi connectivity index (χ0) is 15.1. The van der Waals surface area contributed by atoms with Crippen LogP contribution in [-0.2, 0) is 13.5 Å². The van der Waals surface area contributed by atoms with Crippen LogP contribution in [0.3, 0.4) is 0 Å². The third-order valence-electron chi connectivity index (χ3n) is 5.89. The summed E-state index contributed by atoms with van der Waals surface area (Å²) in [6.07, 6.45) is 3.91. The average molecular weight is 297 g/mol. The summed E-state index contributed by atoms with van der Waals surface area (Å²) in [6.45, 7) is 4.96. The van der Waals surface area contributed by atoms with Gasteiger partial charge in [-0.3, -0.25) is 0 Å². The molecule has 1 unspecified atom stereocenters. The number of piperidine rings is 3. The normalized spacial score (nSPS) is 27.6. The molecule has 1 aromatic carbocycles. The first kappa shape index (κ1) is 14.3. The molecular formula is C19H27N3. The highest BCUT2D eigenvalue weighted by atomic mass is 15.2. The first-order valence-corrected chi connectivity index (χ1v) is 8.72. The molecule has 5 rings (SSSR count). The molecule has 1 atom stereocenters. The average Bonchev–Trinajstić information content (AvgIpc) is 2.86. The molecule has 3 heteroatoms. The number of aryl methyl sites for hydroxylation is 1. The fourth-order valence-corrected chi connectivity index (χ4v) is 4.75. The lowest BCUT2D eigenvalue weighted by Crippen LogP contribution is -2.46. The minimum atomic E-state index is 0.728. The van der Waals surface area contributed by atoms with Crippen LogP contribution in [0, 0.1) is 5.92 Å². The summed E-state index contributed by atoms with van der Waals surface area (Å²) in [5.41, 5.74) is 4.61. The van der Waals surface area contributed by atoms with E-state index in [2.05, 4.69) is 53.1 Å². The zero-order valence-corrected chi connectivity index (χ0v) is 13.8. The van der Waals surface area contributed by atoms with Crippen LogP contribution in [-0.4, -0.2) is 42.7 Å². The molecule has 3 nitrogen and oxygen atoms in total. The van der Waals surface area contributed by atoms with Crippen molar-refractivity contribution in [3.8, 4) is 0 Å². The first-order chi connectivity index (χ1) is 10.8. The van der Waals surface area contributed by atoms with Crippen molar-refractivity contribution in [2.45, 2.75) is 25.2 Å². The Balaban J connectivity index is 1.83. The number of rotatable bonds is 4. The van der Waals surface area contributed by atoms with Gasteiger partial charge < -0.3 is 14.8 Å². The number of fused-ring (bicyclic) bond motifs is 4. The van der Waals surface area contributed by atoms with Crippen molar-refractivity contribution in [1.29, 1.82) is 0 Å². The quantitative estimate of drug-likeness (QED) is 0.936. The second-order valence-electron chi connectivity index (χ2n) is 7.04. The molecule has 3 aliphatic heterocycles. The second kappa shape index (κ2) is 5.71. The number of likely N-dealkylation sites (N-methyl/N-ethyl adjacent to an activating group) is 1. The van der Waals surface area contributed by atoms with Gasteiger partial charge in [0, 0.05) is 36.1 Å². The third kappa shape index (κ3) is 2.19. The van der Waals surface area contributed by atoms with Gasteiger partial charge in [-0.25, -0.2) is 0 Å². The molecule has 4 heterocycles. The maximum Gasteiger partial charge on any atom is 0.0482 e. The van der Waals surface area contributed by atoms with Gasteiger partial charge in [0.05, 0.1) is 0 Å². The molecule has 118 valence electrons. The van der Waals surface area contributed by atoms with Crippen molar-refractivity contribution in [2.24, 2.45) is 13.0 Å². The van der Waals surface area contributed by atoms with Crippen LogP contribution >= 0.6 is 0 Å². The summed E-state index contributed by atoms with van der Waals surface area (Å²) < 4.78 is 2.49. The molecule has 0 aliphatic carbocycles. The smallest absolute Gasteiger partial charge is 0.0482 e. The third-order valence-corrected chi connectivity index (χ3v) is 5.89. The van der Waals surface area contributed by atoms with E-state index >= 15 is 0 Å². The lowest BCUT2D eigenvalue weighted by atomic mass is 9.76. The van der Waals surface area contributed by atoms with Crippen LogP contribution in [0.2, 0.25) is 0 Å². The van der Waals surface area contributed by atoms with Crippen LogP contribution in [0.4, 0.5) is 0 Å². The number of hydrogen-bond donors (Lipinski definition) is 1. The van der Waals surface area contributed by atoms with Crippen molar-refractivity contribution in [3.63, 3.8) is 0 Å². The molecule has 1 aromatic heterocycles. The van der Waals surface area contributed by atoms with Crippen LogP contribution in [0.25, 0.3) is 10.9 Å². The summed E-state index contributed by atoms with van der Waals surface area (Å²) in [4.78, 5) is 2.67. The Bertz CT molecular complexity index is 665. The molecule has 3 fully saturated rings. The van der Waals surface area contributed by atoms with Gasteiger partial charge in [0.25, 0.3) is 0 Å². The number of nitrogens with zero attached hydrogens (tertiary/aromatic N) is 2. The highest BCUT2D eigenvalue weighted by molar-refractivity contribution is 5.85. The van der Waals surface area contributed by atoms with Crippen LogP contribution in [0.5, 0.6) is 0 Å². The lowest BCUT2D eigenvalue weighted by Gasteiger charge is -2.45. The number of hydrogen-bond acceptors (Lipinski definition) is 2. The SMILES string of the molecule is CNCCc1c(C2CN3CCC2CC3)n(C)c2ccccc12. The predicted octanol–water partition coefficient (Wildman–Crippen LogP) is 2.75. The first-order valence-electron chi connectivity index (χ1n) is 8.72. The summed E-state index contributed by atoms with van der Waals surface area (Å²) in [7, 11) is 4.33. The van der Waals surface area contributed by atoms with E-state index in [0.717, 1.165) is 24.8 Å². The maximum atomic E-state index is 3.33. The summed E-state index contributed by atoms with van der Waals surface area (Å²) >= 11 is 0. The van der Waals surface area contributed by atoms with Gasteiger partial charge in [0.1, 0.15) is 0 Å². The Morgan fingerprint density at radius 2 is 1.95 bits per heavy atom. The maximum absolute atomic E-state index is 3.33. The topological polar surface area (TPSA) is 20.2 Å². The molecular weight excluding hydrogens is 270 g/mol. The number of aromatic nitrogens is 1. The van der Waals surface area contributed by atoms with Crippen molar-refractivity contribution in [1.82, 2.24) is 14.8 Å². The molecule has 0 amide bonds. The van der Waals surface area contributed by atoms with E-state index in [4.69, 9.17) is 0 Å². The van der Waals surface area contributed by atoms with Crippen LogP contribution in [0.1, 0.15) is 30.0 Å². The predicted molar refractivity (Wildman–Crippen MR) is 92.5 cm³/mol. The monoisotopic (exact) mass is 297 g/mol. The van der Waals surface area contributed by atoms with Crippen molar-refractivity contribution >= 4 is 10.9 Å². The largest absolute Gasteiger partial charge is 0.347 e. The molecule has 1 N–H and O–H groups in total. The Labute approximate surface area is 133 Å². The van der Waals surface area contributed by atoms with Crippen molar-refractivity contribution in [2.75, 3.05) is 33.2 Å². The van der Waals surface area contributed by atoms with Gasteiger partial charge in [-0.2, -0.15) is 0 Å². The Kier molecular flexibility index (Phi) is 3.71. The number of nitrogens with one attached hydrogen (secondary N) is 1. The van der Waals surface area contributed by atoms with Gasteiger partial charge >= 0.3 is 0 Å². The standard InChI is InChI=1S/C19H27N3/c1-20-10-7-16-15-5-3-4-6-18(15)21(2)19(16)17-13-22-11-8-14(17)9-12-22/h3-6,14,17,20H,7-13H2,1-2H3. The fourth-order valence-electron chi connectivity index (χ4n) is 4.75. The number of para-hydroxylation sites is 1. The van der Waals surface area contributed by atoms with E-state index in [-0.39, 0.29) is 0 Å². The van der Waals surface area contributed by atoms with Gasteiger partial charge in [-0.1, -0.05) is 18.2 Å². The zero-order valence-electron chi connectivity index (χ0n) is 13.8. The van der Waals surface area contributed by atoms with Crippen molar-refractivity contribution in [3.05, 3.63) is 35.5 Å². The second-order valence-corrected chi connectivity index (χ2v) is 7.04. The molecule has 22 heavy (non-hydrogen) atoms. The summed E-state index contributed by atoms with van der Waals surface area (Å²) in [6, 6.07) is 8.95. The molecule has 2 aromatic rings. The van der Waals surface area contributed by atoms with Gasteiger partial charge in [0.15, 0.2) is 0 Å². The van der Waals surface area contributed by atoms with Gasteiger partial charge in [-0.05, 0) is 63.5 Å². The lowest BCUT2D eigenvalue weighted by molar-refractivity contribution is 0.0841. The molecule has 2 bridgehead atoms. The number of benzene rings is 1. The van der Waals surface area contributed by atoms with Gasteiger partial charge in [-0.15, -0.1) is 0 Å². The minimum absolute atomic E-state index is 0.728. The molecule has 0 spiro atoms. The Morgan fingerprint density at radius 3 is 2.64 bits per heavy atom. The van der Waals surface area contributed by atoms with Crippen LogP contribution < -0.4 is 5.32 Å². The molecule has 3 aliphatic rings. The highest BCUT2D eigenvalue weighted by Crippen LogP contribution is 2.42. The summed E-state index contributed by atoms with van der Waals surface area (Å²) in [5.74, 6) is 1.62. The fraction of sp³-hybridized carbons (Fsp3) is 0.579. The summed E-state index contributed by atoms with van der Waals surface area (Å²) in [5, 5.41) is 4.80. The van der Waals surface area contributed by atoms with E-state index in [0.29, 0.717) is 0 Å². The van der Waals surface area contributed by atoms with Crippen molar-refractivity contribution < 1.29 is 0 Å². The molecule has 0 radical (unpaired) electrons. The van der Waals surface area contributed by atoms with E-state index in [9.17, 15) is 0 Å². The minimum Gasteiger partial charge on any atom is -0.347 e. The molecule has 3 saturated heterocycles. The highest BCUT2D eigenvalue weighted by Gasteiger charge is 2.37.